The molecule has 2 N–H and O–H groups in total. The Morgan fingerprint density at radius 3 is 2.44 bits per heavy atom. The number of carbonyl (C=O) groups is 1. The van der Waals surface area contributed by atoms with Crippen LogP contribution in [0.25, 0.3) is 0 Å². The Balaban J connectivity index is 1.97. The minimum atomic E-state index is -0.293. The van der Waals surface area contributed by atoms with E-state index in [0.717, 1.165) is 5.75 Å². The molecule has 2 aromatic rings. The van der Waals surface area contributed by atoms with Crippen LogP contribution in [0, 0.1) is 0 Å². The molecule has 0 spiro atoms. The predicted octanol–water partition coefficient (Wildman–Crippen LogP) is 2.26. The lowest BCUT2D eigenvalue weighted by molar-refractivity contribution is -0.127. The maximum Gasteiger partial charge on any atom is 0.235 e. The van der Waals surface area contributed by atoms with E-state index in [0.29, 0.717) is 16.9 Å². The van der Waals surface area contributed by atoms with Crippen LogP contribution in [0.4, 0.5) is 0 Å². The van der Waals surface area contributed by atoms with Gasteiger partial charge in [-0.05, 0) is 30.5 Å². The zero-order chi connectivity index (χ0) is 18.6. The maximum absolute atomic E-state index is 11.9. The summed E-state index contributed by atoms with van der Waals surface area (Å²) in [6, 6.07) is 7.95. The van der Waals surface area contributed by atoms with Gasteiger partial charge in [-0.1, -0.05) is 37.7 Å². The molecular formula is C17H25N5O2S. The van der Waals surface area contributed by atoms with Gasteiger partial charge in [-0.25, -0.2) is 4.68 Å². The zero-order valence-corrected chi connectivity index (χ0v) is 16.1. The fraction of sp³-hybridized carbons (Fsp3) is 0.471. The number of nitrogen functional groups attached to an aromatic ring is 1. The van der Waals surface area contributed by atoms with Crippen LogP contribution in [0.15, 0.2) is 29.4 Å². The molecule has 0 unspecified atom stereocenters. The third kappa shape index (κ3) is 4.88. The highest BCUT2D eigenvalue weighted by Crippen LogP contribution is 2.23. The second-order valence-electron chi connectivity index (χ2n) is 6.27. The van der Waals surface area contributed by atoms with Crippen molar-refractivity contribution in [1.29, 1.82) is 0 Å². The van der Waals surface area contributed by atoms with Crippen molar-refractivity contribution >= 4 is 17.7 Å². The summed E-state index contributed by atoms with van der Waals surface area (Å²) in [5.74, 6) is 7.75. The molecule has 1 heterocycles. The van der Waals surface area contributed by atoms with Gasteiger partial charge in [0.05, 0.1) is 5.25 Å². The van der Waals surface area contributed by atoms with Crippen LogP contribution in [-0.2, 0) is 11.4 Å². The van der Waals surface area contributed by atoms with Crippen molar-refractivity contribution < 1.29 is 9.53 Å². The molecule has 8 heteroatoms. The van der Waals surface area contributed by atoms with Crippen molar-refractivity contribution in [3.8, 4) is 5.75 Å². The van der Waals surface area contributed by atoms with Crippen LogP contribution in [-0.4, -0.2) is 45.0 Å². The molecule has 1 aromatic carbocycles. The second-order valence-corrected chi connectivity index (χ2v) is 7.58. The molecule has 0 saturated heterocycles. The number of nitrogens with zero attached hydrogens (tertiary/aromatic N) is 4. The van der Waals surface area contributed by atoms with E-state index in [2.05, 4.69) is 24.0 Å². The van der Waals surface area contributed by atoms with Crippen LogP contribution in [0.5, 0.6) is 5.75 Å². The number of carbonyl (C=O) groups excluding carboxylic acids is 1. The fourth-order valence-corrected chi connectivity index (χ4v) is 3.09. The summed E-state index contributed by atoms with van der Waals surface area (Å²) in [5, 5.41) is 8.29. The fourth-order valence-electron chi connectivity index (χ4n) is 2.15. The number of aromatic nitrogens is 3. The molecule has 0 saturated carbocycles. The number of hydrogen-bond donors (Lipinski definition) is 1. The highest BCUT2D eigenvalue weighted by molar-refractivity contribution is 8.00. The van der Waals surface area contributed by atoms with Gasteiger partial charge in [0.25, 0.3) is 0 Å². The van der Waals surface area contributed by atoms with E-state index in [-0.39, 0.29) is 17.8 Å². The summed E-state index contributed by atoms with van der Waals surface area (Å²) in [5.41, 5.74) is 1.26. The van der Waals surface area contributed by atoms with Crippen LogP contribution < -0.4 is 10.6 Å². The molecule has 0 aliphatic carbocycles. The van der Waals surface area contributed by atoms with Crippen molar-refractivity contribution in [3.63, 3.8) is 0 Å². The number of benzene rings is 1. The first-order valence-electron chi connectivity index (χ1n) is 8.09. The van der Waals surface area contributed by atoms with Crippen molar-refractivity contribution in [2.24, 2.45) is 0 Å². The maximum atomic E-state index is 11.9. The van der Waals surface area contributed by atoms with Crippen molar-refractivity contribution in [2.45, 2.75) is 43.7 Å². The smallest absolute Gasteiger partial charge is 0.235 e. The lowest BCUT2D eigenvalue weighted by atomic mass is 10.0. The summed E-state index contributed by atoms with van der Waals surface area (Å²) in [6.07, 6.45) is 0. The Hall–Kier alpha value is -2.22. The number of nitrogens with two attached hydrogens (primary N) is 1. The lowest BCUT2D eigenvalue weighted by Crippen LogP contribution is -2.30. The van der Waals surface area contributed by atoms with E-state index in [4.69, 9.17) is 10.6 Å². The van der Waals surface area contributed by atoms with Crippen LogP contribution >= 0.6 is 11.8 Å². The van der Waals surface area contributed by atoms with Crippen molar-refractivity contribution in [2.75, 3.05) is 19.9 Å². The van der Waals surface area contributed by atoms with Gasteiger partial charge in [0.15, 0.2) is 5.82 Å². The molecule has 0 fully saturated rings. The van der Waals surface area contributed by atoms with E-state index in [9.17, 15) is 4.79 Å². The molecule has 0 aliphatic rings. The molecule has 7 nitrogen and oxygen atoms in total. The first-order chi connectivity index (χ1) is 11.8. The number of rotatable bonds is 7. The molecule has 136 valence electrons. The lowest BCUT2D eigenvalue weighted by Gasteiger charge is -2.15. The Bertz CT molecular complexity index is 712. The average Bonchev–Trinajstić information content (AvgIpc) is 2.92. The van der Waals surface area contributed by atoms with Gasteiger partial charge >= 0.3 is 0 Å². The van der Waals surface area contributed by atoms with Gasteiger partial charge < -0.3 is 15.5 Å². The molecule has 1 atom stereocenters. The first-order valence-corrected chi connectivity index (χ1v) is 8.97. The van der Waals surface area contributed by atoms with Gasteiger partial charge in [-0.3, -0.25) is 4.79 Å². The van der Waals surface area contributed by atoms with Gasteiger partial charge in [-0.15, -0.1) is 10.2 Å². The molecule has 0 aliphatic heterocycles. The van der Waals surface area contributed by atoms with Crippen LogP contribution in [0.1, 0.15) is 38.1 Å². The summed E-state index contributed by atoms with van der Waals surface area (Å²) < 4.78 is 7.09. The van der Waals surface area contributed by atoms with Gasteiger partial charge in [0, 0.05) is 14.1 Å². The highest BCUT2D eigenvalue weighted by Gasteiger charge is 2.20. The SMILES string of the molecule is CC(C)c1ccc(OCc2nnc(S[C@H](C)C(=O)N(C)C)n2N)cc1. The highest BCUT2D eigenvalue weighted by atomic mass is 32.2. The monoisotopic (exact) mass is 363 g/mol. The third-order valence-electron chi connectivity index (χ3n) is 3.72. The first kappa shape index (κ1) is 19.1. The van der Waals surface area contributed by atoms with Crippen LogP contribution in [0.3, 0.4) is 0 Å². The van der Waals surface area contributed by atoms with Gasteiger partial charge in [0.1, 0.15) is 12.4 Å². The second kappa shape index (κ2) is 8.24. The molecular weight excluding hydrogens is 338 g/mol. The predicted molar refractivity (Wildman–Crippen MR) is 99.0 cm³/mol. The summed E-state index contributed by atoms with van der Waals surface area (Å²) >= 11 is 1.27. The quantitative estimate of drug-likeness (QED) is 0.600. The molecule has 2 rings (SSSR count). The Morgan fingerprint density at radius 2 is 1.88 bits per heavy atom. The zero-order valence-electron chi connectivity index (χ0n) is 15.3. The Morgan fingerprint density at radius 1 is 1.24 bits per heavy atom. The number of ether oxygens (including phenoxy) is 1. The molecule has 1 amide bonds. The van der Waals surface area contributed by atoms with Crippen LogP contribution in [0.2, 0.25) is 0 Å². The summed E-state index contributed by atoms with van der Waals surface area (Å²) in [6.45, 7) is 6.32. The minimum Gasteiger partial charge on any atom is -0.486 e. The number of hydrogen-bond acceptors (Lipinski definition) is 6. The van der Waals surface area contributed by atoms with E-state index in [1.807, 2.05) is 31.2 Å². The molecule has 25 heavy (non-hydrogen) atoms. The van der Waals surface area contributed by atoms with Gasteiger partial charge in [-0.2, -0.15) is 0 Å². The van der Waals surface area contributed by atoms with Gasteiger partial charge in [0.2, 0.25) is 11.1 Å². The minimum absolute atomic E-state index is 0.00366. The topological polar surface area (TPSA) is 86.3 Å². The molecule has 1 aromatic heterocycles. The number of amides is 1. The Labute approximate surface area is 152 Å². The average molecular weight is 363 g/mol. The molecule has 0 bridgehead atoms. The third-order valence-corrected chi connectivity index (χ3v) is 4.76. The Kier molecular flexibility index (Phi) is 6.30. The summed E-state index contributed by atoms with van der Waals surface area (Å²) in [4.78, 5) is 13.5. The standard InChI is InChI=1S/C17H25N5O2S/c1-11(2)13-6-8-14(9-7-13)24-10-15-19-20-17(22(15)18)25-12(3)16(23)21(4)5/h6-9,11-12H,10,18H2,1-5H3/t12-/m1/s1. The van der Waals surface area contributed by atoms with E-state index < -0.39 is 0 Å². The normalized spacial score (nSPS) is 12.2. The van der Waals surface area contributed by atoms with E-state index in [1.165, 1.54) is 22.0 Å². The van der Waals surface area contributed by atoms with Crippen molar-refractivity contribution in [3.05, 3.63) is 35.7 Å². The summed E-state index contributed by atoms with van der Waals surface area (Å²) in [7, 11) is 3.44. The number of thioether (sulfide) groups is 1. The van der Waals surface area contributed by atoms with Crippen molar-refractivity contribution in [1.82, 2.24) is 19.8 Å². The van der Waals surface area contributed by atoms with E-state index >= 15 is 0 Å². The largest absolute Gasteiger partial charge is 0.486 e. The van der Waals surface area contributed by atoms with E-state index in [1.54, 1.807) is 19.0 Å². The molecule has 0 radical (unpaired) electrons.